The van der Waals surface area contributed by atoms with E-state index in [0.717, 1.165) is 10.2 Å². The molecule has 98 valence electrons. The minimum Gasteiger partial charge on any atom is -0.468 e. The van der Waals surface area contributed by atoms with Gasteiger partial charge in [0.2, 0.25) is 0 Å². The predicted molar refractivity (Wildman–Crippen MR) is 72.7 cm³/mol. The third kappa shape index (κ3) is 2.52. The molecule has 0 amide bonds. The first kappa shape index (κ1) is 13.4. The molecule has 0 radical (unpaired) electrons. The highest BCUT2D eigenvalue weighted by molar-refractivity contribution is 9.10. The van der Waals surface area contributed by atoms with Crippen LogP contribution < -0.4 is 4.90 Å². The third-order valence-electron chi connectivity index (χ3n) is 3.18. The van der Waals surface area contributed by atoms with Crippen molar-refractivity contribution in [3.05, 3.63) is 28.7 Å². The number of rotatable bonds is 4. The predicted octanol–water partition coefficient (Wildman–Crippen LogP) is 2.07. The third-order valence-corrected chi connectivity index (χ3v) is 3.71. The van der Waals surface area contributed by atoms with Gasteiger partial charge >= 0.3 is 5.97 Å². The van der Waals surface area contributed by atoms with Crippen LogP contribution >= 0.6 is 15.9 Å². The van der Waals surface area contributed by atoms with Crippen LogP contribution in [0.1, 0.15) is 0 Å². The zero-order valence-electron chi connectivity index (χ0n) is 10.5. The van der Waals surface area contributed by atoms with Crippen LogP contribution in [0, 0.1) is 5.41 Å². The summed E-state index contributed by atoms with van der Waals surface area (Å²) in [5.74, 6) is -0.197. The maximum atomic E-state index is 11.8. The molecule has 1 aromatic rings. The summed E-state index contributed by atoms with van der Waals surface area (Å²) in [5.41, 5.74) is 0.546. The number of benzene rings is 1. The highest BCUT2D eigenvalue weighted by Gasteiger charge is 2.48. The summed E-state index contributed by atoms with van der Waals surface area (Å²) >= 11 is 3.40. The molecule has 5 heteroatoms. The monoisotopic (exact) mass is 313 g/mol. The van der Waals surface area contributed by atoms with Gasteiger partial charge in [-0.15, -0.1) is 0 Å². The lowest BCUT2D eigenvalue weighted by atomic mass is 9.85. The van der Waals surface area contributed by atoms with Gasteiger partial charge in [-0.25, -0.2) is 0 Å². The van der Waals surface area contributed by atoms with Crippen molar-refractivity contribution in [2.45, 2.75) is 0 Å². The van der Waals surface area contributed by atoms with Crippen molar-refractivity contribution in [3.63, 3.8) is 0 Å². The summed E-state index contributed by atoms with van der Waals surface area (Å²) in [6, 6.07) is 7.98. The second-order valence-electron chi connectivity index (χ2n) is 4.60. The van der Waals surface area contributed by atoms with Crippen LogP contribution in [0.4, 0.5) is 5.69 Å². The van der Waals surface area contributed by atoms with Crippen molar-refractivity contribution in [1.82, 2.24) is 0 Å². The van der Waals surface area contributed by atoms with Crippen LogP contribution in [-0.4, -0.2) is 39.9 Å². The maximum absolute atomic E-state index is 11.8. The van der Waals surface area contributed by atoms with Gasteiger partial charge in [0.15, 0.2) is 0 Å². The highest BCUT2D eigenvalue weighted by atomic mass is 79.9. The Morgan fingerprint density at radius 1 is 1.44 bits per heavy atom. The molecule has 1 aliphatic heterocycles. The van der Waals surface area contributed by atoms with Gasteiger partial charge < -0.3 is 14.4 Å². The average Bonchev–Trinajstić information content (AvgIpc) is 2.33. The second-order valence-corrected chi connectivity index (χ2v) is 5.51. The number of esters is 1. The van der Waals surface area contributed by atoms with Crippen LogP contribution in [0.25, 0.3) is 0 Å². The molecule has 1 saturated heterocycles. The van der Waals surface area contributed by atoms with Crippen LogP contribution in [0.5, 0.6) is 0 Å². The van der Waals surface area contributed by atoms with E-state index in [1.54, 1.807) is 0 Å². The first-order valence-corrected chi connectivity index (χ1v) is 6.49. The SMILES string of the molecule is COC(=O)C1(CN(C)c2ccc(Br)cc2)COC1. The molecule has 0 unspecified atom stereocenters. The van der Waals surface area contributed by atoms with Gasteiger partial charge in [0.1, 0.15) is 5.41 Å². The van der Waals surface area contributed by atoms with E-state index in [0.29, 0.717) is 19.8 Å². The van der Waals surface area contributed by atoms with Crippen molar-refractivity contribution >= 4 is 27.6 Å². The molecule has 0 N–H and O–H groups in total. The molecule has 1 heterocycles. The van der Waals surface area contributed by atoms with E-state index in [-0.39, 0.29) is 5.97 Å². The van der Waals surface area contributed by atoms with Crippen molar-refractivity contribution in [2.24, 2.45) is 5.41 Å². The molecule has 1 aliphatic rings. The normalized spacial score (nSPS) is 16.8. The van der Waals surface area contributed by atoms with E-state index in [2.05, 4.69) is 15.9 Å². The number of carbonyl (C=O) groups is 1. The molecular formula is C13H16BrNO3. The fraction of sp³-hybridized carbons (Fsp3) is 0.462. The van der Waals surface area contributed by atoms with E-state index in [4.69, 9.17) is 9.47 Å². The first-order chi connectivity index (χ1) is 8.57. The van der Waals surface area contributed by atoms with Gasteiger partial charge in [0.05, 0.1) is 20.3 Å². The lowest BCUT2D eigenvalue weighted by Crippen LogP contribution is -2.56. The van der Waals surface area contributed by atoms with Gasteiger partial charge in [-0.1, -0.05) is 15.9 Å². The number of methoxy groups -OCH3 is 1. The van der Waals surface area contributed by atoms with E-state index < -0.39 is 5.41 Å². The Morgan fingerprint density at radius 3 is 2.50 bits per heavy atom. The zero-order valence-corrected chi connectivity index (χ0v) is 12.1. The van der Waals surface area contributed by atoms with Gasteiger partial charge in [-0.05, 0) is 24.3 Å². The molecule has 2 rings (SSSR count). The molecule has 18 heavy (non-hydrogen) atoms. The molecule has 0 saturated carbocycles. The highest BCUT2D eigenvalue weighted by Crippen LogP contribution is 2.31. The van der Waals surface area contributed by atoms with Gasteiger partial charge in [-0.3, -0.25) is 4.79 Å². The Labute approximate surface area is 115 Å². The molecule has 1 aromatic carbocycles. The number of hydrogen-bond donors (Lipinski definition) is 0. The van der Waals surface area contributed by atoms with Crippen LogP contribution in [-0.2, 0) is 14.3 Å². The van der Waals surface area contributed by atoms with Crippen LogP contribution in [0.3, 0.4) is 0 Å². The molecule has 0 atom stereocenters. The summed E-state index contributed by atoms with van der Waals surface area (Å²) in [6.45, 7) is 1.46. The number of hydrogen-bond acceptors (Lipinski definition) is 4. The fourth-order valence-corrected chi connectivity index (χ4v) is 2.34. The summed E-state index contributed by atoms with van der Waals surface area (Å²) in [4.78, 5) is 13.8. The molecule has 0 aromatic heterocycles. The van der Waals surface area contributed by atoms with E-state index in [1.165, 1.54) is 7.11 Å². The van der Waals surface area contributed by atoms with Crippen LogP contribution in [0.15, 0.2) is 28.7 Å². The van der Waals surface area contributed by atoms with Gasteiger partial charge in [-0.2, -0.15) is 0 Å². The topological polar surface area (TPSA) is 38.8 Å². The molecule has 0 aliphatic carbocycles. The fourth-order valence-electron chi connectivity index (χ4n) is 2.08. The lowest BCUT2D eigenvalue weighted by molar-refractivity contribution is -0.180. The van der Waals surface area contributed by atoms with Gasteiger partial charge in [0.25, 0.3) is 0 Å². The Balaban J connectivity index is 2.08. The zero-order chi connectivity index (χ0) is 13.2. The minimum absolute atomic E-state index is 0.197. The van der Waals surface area contributed by atoms with E-state index in [1.807, 2.05) is 36.2 Å². The van der Waals surface area contributed by atoms with E-state index >= 15 is 0 Å². The Morgan fingerprint density at radius 2 is 2.06 bits per heavy atom. The van der Waals surface area contributed by atoms with E-state index in [9.17, 15) is 4.79 Å². The number of anilines is 1. The average molecular weight is 314 g/mol. The molecular weight excluding hydrogens is 298 g/mol. The molecule has 0 bridgehead atoms. The summed E-state index contributed by atoms with van der Waals surface area (Å²) in [7, 11) is 3.38. The number of halogens is 1. The van der Waals surface area contributed by atoms with Crippen molar-refractivity contribution < 1.29 is 14.3 Å². The summed E-state index contributed by atoms with van der Waals surface area (Å²) in [6.07, 6.45) is 0. The van der Waals surface area contributed by atoms with Gasteiger partial charge in [0, 0.05) is 23.8 Å². The smallest absolute Gasteiger partial charge is 0.318 e. The summed E-state index contributed by atoms with van der Waals surface area (Å²) < 4.78 is 11.1. The maximum Gasteiger partial charge on any atom is 0.318 e. The van der Waals surface area contributed by atoms with Crippen molar-refractivity contribution in [1.29, 1.82) is 0 Å². The largest absolute Gasteiger partial charge is 0.468 e. The number of ether oxygens (including phenoxy) is 2. The first-order valence-electron chi connectivity index (χ1n) is 5.70. The van der Waals surface area contributed by atoms with Crippen LogP contribution in [0.2, 0.25) is 0 Å². The molecule has 0 spiro atoms. The molecule has 1 fully saturated rings. The number of carbonyl (C=O) groups excluding carboxylic acids is 1. The standard InChI is InChI=1S/C13H16BrNO3/c1-15(11-5-3-10(14)4-6-11)7-13(8-18-9-13)12(16)17-2/h3-6H,7-9H2,1-2H3. The Hall–Kier alpha value is -1.07. The molecule has 4 nitrogen and oxygen atoms in total. The summed E-state index contributed by atoms with van der Waals surface area (Å²) in [5, 5.41) is 0. The Kier molecular flexibility index (Phi) is 3.92. The quantitative estimate of drug-likeness (QED) is 0.798. The second kappa shape index (κ2) is 5.28. The Bertz CT molecular complexity index is 428. The van der Waals surface area contributed by atoms with Crippen molar-refractivity contribution in [2.75, 3.05) is 38.8 Å². The minimum atomic E-state index is -0.517. The van der Waals surface area contributed by atoms with Crippen molar-refractivity contribution in [3.8, 4) is 0 Å². The number of nitrogens with zero attached hydrogens (tertiary/aromatic N) is 1. The lowest BCUT2D eigenvalue weighted by Gasteiger charge is -2.41.